The van der Waals surface area contributed by atoms with Crippen molar-refractivity contribution in [3.63, 3.8) is 0 Å². The lowest BCUT2D eigenvalue weighted by molar-refractivity contribution is 0.105. The predicted octanol–water partition coefficient (Wildman–Crippen LogP) is 3.95. The summed E-state index contributed by atoms with van der Waals surface area (Å²) >= 11 is 0. The molecular formula is C22H38IN5O. The summed E-state index contributed by atoms with van der Waals surface area (Å²) in [5.74, 6) is 1.97. The highest BCUT2D eigenvalue weighted by molar-refractivity contribution is 14.0. The third kappa shape index (κ3) is 7.27. The van der Waals surface area contributed by atoms with E-state index in [2.05, 4.69) is 44.6 Å². The van der Waals surface area contributed by atoms with Crippen LogP contribution in [0.15, 0.2) is 23.3 Å². The van der Waals surface area contributed by atoms with Gasteiger partial charge < -0.3 is 20.3 Å². The lowest BCUT2D eigenvalue weighted by Crippen LogP contribution is -2.43. The van der Waals surface area contributed by atoms with Crippen LogP contribution in [-0.2, 0) is 11.3 Å². The number of aliphatic imine (C=N–C) groups is 1. The second-order valence-corrected chi connectivity index (χ2v) is 8.15. The lowest BCUT2D eigenvalue weighted by Gasteiger charge is -2.30. The largest absolute Gasteiger partial charge is 0.382 e. The fourth-order valence-electron chi connectivity index (χ4n) is 4.41. The van der Waals surface area contributed by atoms with Crippen molar-refractivity contribution < 1.29 is 4.74 Å². The third-order valence-electron chi connectivity index (χ3n) is 6.20. The first-order valence-electron chi connectivity index (χ1n) is 11.0. The Hall–Kier alpha value is -1.09. The van der Waals surface area contributed by atoms with Crippen molar-refractivity contribution in [3.05, 3.63) is 23.9 Å². The Labute approximate surface area is 193 Å². The Morgan fingerprint density at radius 1 is 1.17 bits per heavy atom. The number of aromatic nitrogens is 1. The van der Waals surface area contributed by atoms with Gasteiger partial charge in [-0.05, 0) is 56.1 Å². The standard InChI is InChI=1S/C22H37N5O.HI/c1-3-28-15-12-22(10-4-5-11-22)18-26-21(23-2)25-17-19-8-9-20(24-16-19)27-13-6-7-14-27;/h8-9,16H,3-7,10-15,17-18H2,1-2H3,(H2,23,25,26);1H. The predicted molar refractivity (Wildman–Crippen MR) is 131 cm³/mol. The number of guanidine groups is 1. The number of nitrogens with zero attached hydrogens (tertiary/aromatic N) is 3. The molecule has 2 fully saturated rings. The summed E-state index contributed by atoms with van der Waals surface area (Å²) in [5, 5.41) is 7.00. The highest BCUT2D eigenvalue weighted by Gasteiger charge is 2.33. The molecule has 3 rings (SSSR count). The van der Waals surface area contributed by atoms with Gasteiger partial charge in [0.25, 0.3) is 0 Å². The molecule has 6 nitrogen and oxygen atoms in total. The second kappa shape index (κ2) is 12.6. The highest BCUT2D eigenvalue weighted by Crippen LogP contribution is 2.40. The molecule has 7 heteroatoms. The molecule has 2 N–H and O–H groups in total. The maximum absolute atomic E-state index is 5.62. The number of anilines is 1. The lowest BCUT2D eigenvalue weighted by atomic mass is 9.83. The molecule has 0 bridgehead atoms. The molecule has 29 heavy (non-hydrogen) atoms. The van der Waals surface area contributed by atoms with Gasteiger partial charge in [-0.15, -0.1) is 24.0 Å². The molecule has 2 heterocycles. The number of ether oxygens (including phenoxy) is 1. The summed E-state index contributed by atoms with van der Waals surface area (Å²) in [6, 6.07) is 4.31. The van der Waals surface area contributed by atoms with Gasteiger partial charge in [0.2, 0.25) is 0 Å². The summed E-state index contributed by atoms with van der Waals surface area (Å²) < 4.78 is 5.62. The molecule has 1 aliphatic heterocycles. The summed E-state index contributed by atoms with van der Waals surface area (Å²) in [7, 11) is 1.84. The maximum atomic E-state index is 5.62. The Bertz CT molecular complexity index is 610. The molecule has 1 saturated carbocycles. The SMILES string of the molecule is CCOCCC1(CNC(=NC)NCc2ccc(N3CCCC3)nc2)CCCC1.I. The fourth-order valence-corrected chi connectivity index (χ4v) is 4.41. The Morgan fingerprint density at radius 2 is 1.93 bits per heavy atom. The monoisotopic (exact) mass is 515 g/mol. The van der Waals surface area contributed by atoms with Crippen molar-refractivity contribution in [2.24, 2.45) is 10.4 Å². The Kier molecular flexibility index (Phi) is 10.5. The molecular weight excluding hydrogens is 477 g/mol. The van der Waals surface area contributed by atoms with E-state index in [1.165, 1.54) is 44.1 Å². The zero-order valence-corrected chi connectivity index (χ0v) is 20.4. The van der Waals surface area contributed by atoms with Gasteiger partial charge in [-0.3, -0.25) is 4.99 Å². The average Bonchev–Trinajstić information content (AvgIpc) is 3.42. The van der Waals surface area contributed by atoms with E-state index in [1.54, 1.807) is 0 Å². The number of rotatable bonds is 9. The van der Waals surface area contributed by atoms with Crippen molar-refractivity contribution in [1.82, 2.24) is 15.6 Å². The molecule has 1 saturated heterocycles. The van der Waals surface area contributed by atoms with E-state index in [9.17, 15) is 0 Å². The molecule has 0 atom stereocenters. The minimum atomic E-state index is 0. The van der Waals surface area contributed by atoms with Crippen LogP contribution < -0.4 is 15.5 Å². The molecule has 0 unspecified atom stereocenters. The number of hydrogen-bond donors (Lipinski definition) is 2. The first-order chi connectivity index (χ1) is 13.7. The summed E-state index contributed by atoms with van der Waals surface area (Å²) in [4.78, 5) is 11.4. The van der Waals surface area contributed by atoms with Gasteiger partial charge in [-0.2, -0.15) is 0 Å². The number of hydrogen-bond acceptors (Lipinski definition) is 4. The van der Waals surface area contributed by atoms with Crippen LogP contribution in [0.5, 0.6) is 0 Å². The Balaban J connectivity index is 0.00000300. The molecule has 0 spiro atoms. The summed E-state index contributed by atoms with van der Waals surface area (Å²) in [6.07, 6.45) is 10.9. The Morgan fingerprint density at radius 3 is 2.55 bits per heavy atom. The van der Waals surface area contributed by atoms with Crippen LogP contribution in [0.3, 0.4) is 0 Å². The first-order valence-corrected chi connectivity index (χ1v) is 11.0. The molecule has 0 amide bonds. The zero-order valence-electron chi connectivity index (χ0n) is 18.1. The van der Waals surface area contributed by atoms with Crippen molar-refractivity contribution in [3.8, 4) is 0 Å². The maximum Gasteiger partial charge on any atom is 0.191 e. The van der Waals surface area contributed by atoms with Crippen LogP contribution in [0.1, 0.15) is 57.4 Å². The van der Waals surface area contributed by atoms with Crippen LogP contribution in [0.2, 0.25) is 0 Å². The second-order valence-electron chi connectivity index (χ2n) is 8.15. The smallest absolute Gasteiger partial charge is 0.191 e. The number of halogens is 1. The van der Waals surface area contributed by atoms with Gasteiger partial charge in [-0.25, -0.2) is 4.98 Å². The van der Waals surface area contributed by atoms with Crippen molar-refractivity contribution in [2.45, 2.75) is 58.4 Å². The summed E-state index contributed by atoms with van der Waals surface area (Å²) in [6.45, 7) is 7.69. The fraction of sp³-hybridized carbons (Fsp3) is 0.727. The number of pyridine rings is 1. The van der Waals surface area contributed by atoms with E-state index in [-0.39, 0.29) is 24.0 Å². The summed E-state index contributed by atoms with van der Waals surface area (Å²) in [5.41, 5.74) is 1.53. The minimum Gasteiger partial charge on any atom is -0.382 e. The molecule has 1 aromatic heterocycles. The van der Waals surface area contributed by atoms with Gasteiger partial charge in [-0.1, -0.05) is 18.9 Å². The van der Waals surface area contributed by atoms with Gasteiger partial charge in [0.1, 0.15) is 5.82 Å². The van der Waals surface area contributed by atoms with Gasteiger partial charge in [0.15, 0.2) is 5.96 Å². The molecule has 0 aromatic carbocycles. The van der Waals surface area contributed by atoms with Crippen molar-refractivity contribution >= 4 is 35.8 Å². The van der Waals surface area contributed by atoms with Crippen LogP contribution in [0.4, 0.5) is 5.82 Å². The van der Waals surface area contributed by atoms with E-state index in [4.69, 9.17) is 4.74 Å². The zero-order chi connectivity index (χ0) is 19.7. The van der Waals surface area contributed by atoms with Crippen LogP contribution >= 0.6 is 24.0 Å². The molecule has 1 aliphatic carbocycles. The topological polar surface area (TPSA) is 61.8 Å². The molecule has 164 valence electrons. The molecule has 1 aromatic rings. The van der Waals surface area contributed by atoms with Crippen LogP contribution in [0.25, 0.3) is 0 Å². The van der Waals surface area contributed by atoms with Crippen molar-refractivity contribution in [2.75, 3.05) is 44.8 Å². The van der Waals surface area contributed by atoms with E-state index >= 15 is 0 Å². The van der Waals surface area contributed by atoms with E-state index < -0.39 is 0 Å². The van der Waals surface area contributed by atoms with Crippen LogP contribution in [0, 0.1) is 5.41 Å². The average molecular weight is 515 g/mol. The molecule has 2 aliphatic rings. The number of nitrogens with one attached hydrogen (secondary N) is 2. The molecule has 0 radical (unpaired) electrons. The van der Waals surface area contributed by atoms with Crippen LogP contribution in [-0.4, -0.2) is 50.8 Å². The van der Waals surface area contributed by atoms with Gasteiger partial charge in [0.05, 0.1) is 0 Å². The van der Waals surface area contributed by atoms with Gasteiger partial charge >= 0.3 is 0 Å². The van der Waals surface area contributed by atoms with Crippen molar-refractivity contribution in [1.29, 1.82) is 0 Å². The minimum absolute atomic E-state index is 0. The third-order valence-corrected chi connectivity index (χ3v) is 6.20. The van der Waals surface area contributed by atoms with Gasteiger partial charge in [0, 0.05) is 52.6 Å². The van der Waals surface area contributed by atoms with E-state index in [0.717, 1.165) is 57.6 Å². The highest BCUT2D eigenvalue weighted by atomic mass is 127. The quantitative estimate of drug-likeness (QED) is 0.226. The van der Waals surface area contributed by atoms with E-state index in [1.807, 2.05) is 13.2 Å². The van der Waals surface area contributed by atoms with E-state index in [0.29, 0.717) is 5.41 Å². The first kappa shape index (κ1) is 24.2. The normalized spacial score (nSPS) is 18.6.